The van der Waals surface area contributed by atoms with E-state index in [1.54, 1.807) is 0 Å². The molecular weight excluding hydrogens is 269 g/mol. The van der Waals surface area contributed by atoms with E-state index in [2.05, 4.69) is 35.7 Å². The fraction of sp³-hybridized carbons (Fsp3) is 0.625. The zero-order valence-corrected chi connectivity index (χ0v) is 13.3. The van der Waals surface area contributed by atoms with E-state index in [9.17, 15) is 9.18 Å². The van der Waals surface area contributed by atoms with Gasteiger partial charge in [-0.2, -0.15) is 0 Å². The number of nitrogens with zero attached hydrogens (tertiary/aromatic N) is 3. The summed E-state index contributed by atoms with van der Waals surface area (Å²) in [4.78, 5) is 20.9. The minimum Gasteiger partial charge on any atom is -0.300 e. The van der Waals surface area contributed by atoms with E-state index in [-0.39, 0.29) is 17.2 Å². The molecule has 2 rings (SSSR count). The van der Waals surface area contributed by atoms with Crippen molar-refractivity contribution < 1.29 is 9.18 Å². The van der Waals surface area contributed by atoms with Crippen molar-refractivity contribution >= 4 is 5.78 Å². The summed E-state index contributed by atoms with van der Waals surface area (Å²) in [5, 5.41) is 0. The Bertz CT molecular complexity index is 501. The third-order valence-electron chi connectivity index (χ3n) is 4.36. The minimum atomic E-state index is -0.417. The Hall–Kier alpha value is -1.33. The van der Waals surface area contributed by atoms with Gasteiger partial charge in [0.25, 0.3) is 0 Å². The maximum absolute atomic E-state index is 12.9. The summed E-state index contributed by atoms with van der Waals surface area (Å²) in [6.07, 6.45) is 1.10. The van der Waals surface area contributed by atoms with Gasteiger partial charge in [-0.15, -0.1) is 0 Å². The lowest BCUT2D eigenvalue weighted by atomic mass is 9.97. The molecule has 1 saturated heterocycles. The lowest BCUT2D eigenvalue weighted by Gasteiger charge is -2.45. The zero-order valence-electron chi connectivity index (χ0n) is 13.3. The van der Waals surface area contributed by atoms with Crippen LogP contribution in [0.2, 0.25) is 0 Å². The summed E-state index contributed by atoms with van der Waals surface area (Å²) in [6.45, 7) is 9.98. The normalized spacial score (nSPS) is 21.2. The molecule has 1 aliphatic rings. The number of rotatable bonds is 4. The Morgan fingerprint density at radius 2 is 2.14 bits per heavy atom. The standard InChI is InChI=1S/C16H24FN3O/c1-12(15(21)14-6-5-13(17)9-18-14)10-20-8-7-19(4)16(2,3)11-20/h5-6,9,12H,7-8,10-11H2,1-4H3. The second kappa shape index (κ2) is 6.20. The van der Waals surface area contributed by atoms with Gasteiger partial charge in [-0.25, -0.2) is 4.39 Å². The van der Waals surface area contributed by atoms with Crippen molar-refractivity contribution in [1.29, 1.82) is 0 Å². The molecule has 0 aromatic carbocycles. The summed E-state index contributed by atoms with van der Waals surface area (Å²) in [5.41, 5.74) is 0.465. The first-order chi connectivity index (χ1) is 9.79. The molecule has 1 unspecified atom stereocenters. The van der Waals surface area contributed by atoms with E-state index in [0.29, 0.717) is 5.69 Å². The van der Waals surface area contributed by atoms with Gasteiger partial charge in [0, 0.05) is 37.6 Å². The van der Waals surface area contributed by atoms with Crippen LogP contribution in [-0.2, 0) is 0 Å². The molecular formula is C16H24FN3O. The lowest BCUT2D eigenvalue weighted by Crippen LogP contribution is -2.58. The van der Waals surface area contributed by atoms with E-state index in [4.69, 9.17) is 0 Å². The third kappa shape index (κ3) is 3.86. The number of carbonyl (C=O) groups is 1. The smallest absolute Gasteiger partial charge is 0.185 e. The second-order valence-corrected chi connectivity index (χ2v) is 6.60. The van der Waals surface area contributed by atoms with Crippen molar-refractivity contribution in [1.82, 2.24) is 14.8 Å². The van der Waals surface area contributed by atoms with E-state index in [0.717, 1.165) is 32.4 Å². The van der Waals surface area contributed by atoms with Crippen LogP contribution in [0.1, 0.15) is 31.3 Å². The van der Waals surface area contributed by atoms with Gasteiger partial charge in [0.15, 0.2) is 5.78 Å². The van der Waals surface area contributed by atoms with E-state index in [1.807, 2.05) is 6.92 Å². The molecule has 5 heteroatoms. The topological polar surface area (TPSA) is 36.4 Å². The van der Waals surface area contributed by atoms with Crippen LogP contribution in [0.5, 0.6) is 0 Å². The summed E-state index contributed by atoms with van der Waals surface area (Å²) in [6, 6.07) is 2.74. The molecule has 0 saturated carbocycles. The third-order valence-corrected chi connectivity index (χ3v) is 4.36. The molecule has 1 aliphatic heterocycles. The number of pyridine rings is 1. The average Bonchev–Trinajstić information content (AvgIpc) is 2.42. The molecule has 0 bridgehead atoms. The molecule has 1 fully saturated rings. The quantitative estimate of drug-likeness (QED) is 0.796. The number of carbonyl (C=O) groups excluding carboxylic acids is 1. The van der Waals surface area contributed by atoms with Crippen LogP contribution in [0.3, 0.4) is 0 Å². The summed E-state index contributed by atoms with van der Waals surface area (Å²) in [7, 11) is 2.13. The van der Waals surface area contributed by atoms with Crippen LogP contribution in [0.15, 0.2) is 18.3 Å². The SMILES string of the molecule is CC(CN1CCN(C)C(C)(C)C1)C(=O)c1ccc(F)cn1. The summed E-state index contributed by atoms with van der Waals surface area (Å²) < 4.78 is 12.9. The largest absolute Gasteiger partial charge is 0.300 e. The molecule has 1 aromatic rings. The van der Waals surface area contributed by atoms with Gasteiger partial charge in [-0.1, -0.05) is 6.92 Å². The van der Waals surface area contributed by atoms with Crippen LogP contribution < -0.4 is 0 Å². The first-order valence-corrected chi connectivity index (χ1v) is 7.39. The number of aromatic nitrogens is 1. The van der Waals surface area contributed by atoms with Crippen molar-refractivity contribution in [2.45, 2.75) is 26.3 Å². The van der Waals surface area contributed by atoms with Gasteiger partial charge >= 0.3 is 0 Å². The fourth-order valence-corrected chi connectivity index (χ4v) is 2.74. The van der Waals surface area contributed by atoms with Crippen LogP contribution >= 0.6 is 0 Å². The number of Topliss-reactive ketones (excluding diaryl/α,β-unsaturated/α-hetero) is 1. The lowest BCUT2D eigenvalue weighted by molar-refractivity contribution is 0.0326. The highest BCUT2D eigenvalue weighted by Gasteiger charge is 2.32. The molecule has 116 valence electrons. The average molecular weight is 293 g/mol. The summed E-state index contributed by atoms with van der Waals surface area (Å²) in [5.74, 6) is -0.575. The summed E-state index contributed by atoms with van der Waals surface area (Å²) >= 11 is 0. The minimum absolute atomic E-state index is 0.0215. The van der Waals surface area contributed by atoms with E-state index < -0.39 is 5.82 Å². The molecule has 4 nitrogen and oxygen atoms in total. The van der Waals surface area contributed by atoms with Crippen molar-refractivity contribution in [3.8, 4) is 0 Å². The number of hydrogen-bond acceptors (Lipinski definition) is 4. The number of hydrogen-bond donors (Lipinski definition) is 0. The molecule has 21 heavy (non-hydrogen) atoms. The zero-order chi connectivity index (χ0) is 15.6. The maximum atomic E-state index is 12.9. The van der Waals surface area contributed by atoms with Crippen LogP contribution in [-0.4, -0.2) is 59.3 Å². The highest BCUT2D eigenvalue weighted by molar-refractivity contribution is 5.95. The predicted molar refractivity (Wildman–Crippen MR) is 80.8 cm³/mol. The van der Waals surface area contributed by atoms with E-state index >= 15 is 0 Å². The van der Waals surface area contributed by atoms with Crippen molar-refractivity contribution in [3.63, 3.8) is 0 Å². The van der Waals surface area contributed by atoms with E-state index in [1.165, 1.54) is 12.1 Å². The van der Waals surface area contributed by atoms with Crippen molar-refractivity contribution in [2.24, 2.45) is 5.92 Å². The first kappa shape index (κ1) is 16.0. The molecule has 2 heterocycles. The highest BCUT2D eigenvalue weighted by Crippen LogP contribution is 2.20. The molecule has 0 aliphatic carbocycles. The van der Waals surface area contributed by atoms with Gasteiger partial charge < -0.3 is 0 Å². The molecule has 1 aromatic heterocycles. The Labute approximate surface area is 126 Å². The molecule has 0 N–H and O–H groups in total. The number of piperazine rings is 1. The monoisotopic (exact) mass is 293 g/mol. The highest BCUT2D eigenvalue weighted by atomic mass is 19.1. The van der Waals surface area contributed by atoms with Gasteiger partial charge in [0.2, 0.25) is 0 Å². The van der Waals surface area contributed by atoms with Crippen LogP contribution in [0.4, 0.5) is 4.39 Å². The van der Waals surface area contributed by atoms with Crippen molar-refractivity contribution in [2.75, 3.05) is 33.2 Å². The molecule has 1 atom stereocenters. The predicted octanol–water partition coefficient (Wildman–Crippen LogP) is 2.07. The number of halogens is 1. The van der Waals surface area contributed by atoms with Gasteiger partial charge in [-0.05, 0) is 33.0 Å². The Balaban J connectivity index is 1.96. The van der Waals surface area contributed by atoms with Crippen LogP contribution in [0.25, 0.3) is 0 Å². The molecule has 0 radical (unpaired) electrons. The second-order valence-electron chi connectivity index (χ2n) is 6.60. The Kier molecular flexibility index (Phi) is 4.74. The van der Waals surface area contributed by atoms with Gasteiger partial charge in [0.1, 0.15) is 11.5 Å². The Morgan fingerprint density at radius 3 is 2.71 bits per heavy atom. The fourth-order valence-electron chi connectivity index (χ4n) is 2.74. The first-order valence-electron chi connectivity index (χ1n) is 7.39. The van der Waals surface area contributed by atoms with Gasteiger partial charge in [0.05, 0.1) is 6.20 Å². The Morgan fingerprint density at radius 1 is 1.43 bits per heavy atom. The molecule has 0 spiro atoms. The van der Waals surface area contributed by atoms with Gasteiger partial charge in [-0.3, -0.25) is 19.6 Å². The number of likely N-dealkylation sites (N-methyl/N-ethyl adjacent to an activating group) is 1. The molecule has 0 amide bonds. The maximum Gasteiger partial charge on any atom is 0.185 e. The van der Waals surface area contributed by atoms with Crippen molar-refractivity contribution in [3.05, 3.63) is 29.8 Å². The number of ketones is 1. The van der Waals surface area contributed by atoms with Crippen LogP contribution in [0, 0.1) is 11.7 Å².